The topological polar surface area (TPSA) is 80.9 Å². The highest BCUT2D eigenvalue weighted by atomic mass is 16.4. The highest BCUT2D eigenvalue weighted by Gasteiger charge is 2.23. The molecule has 0 spiro atoms. The first kappa shape index (κ1) is 13.2. The number of hydrogen-bond donors (Lipinski definition) is 1. The second kappa shape index (κ2) is 5.17. The number of nitrogens with zero attached hydrogens (tertiary/aromatic N) is 4. The Morgan fingerprint density at radius 1 is 1.42 bits per heavy atom. The minimum absolute atomic E-state index is 0.0460. The van der Waals surface area contributed by atoms with Crippen molar-refractivity contribution in [3.63, 3.8) is 0 Å². The van der Waals surface area contributed by atoms with Crippen LogP contribution in [0, 0.1) is 13.8 Å². The molecular weight excluding hydrogens is 244 g/mol. The maximum absolute atomic E-state index is 11.1. The van der Waals surface area contributed by atoms with Crippen molar-refractivity contribution in [1.29, 1.82) is 0 Å². The van der Waals surface area contributed by atoms with E-state index in [1.165, 1.54) is 4.80 Å². The third kappa shape index (κ3) is 2.96. The van der Waals surface area contributed by atoms with Gasteiger partial charge in [-0.25, -0.2) is 0 Å². The normalized spacial score (nSPS) is 12.4. The van der Waals surface area contributed by atoms with Gasteiger partial charge in [0, 0.05) is 0 Å². The third-order valence-corrected chi connectivity index (χ3v) is 3.01. The van der Waals surface area contributed by atoms with Crippen LogP contribution in [0.5, 0.6) is 0 Å². The van der Waals surface area contributed by atoms with Crippen LogP contribution in [0.25, 0.3) is 0 Å². The minimum atomic E-state index is -0.877. The highest BCUT2D eigenvalue weighted by molar-refractivity contribution is 5.68. The molecule has 1 heterocycles. The van der Waals surface area contributed by atoms with E-state index in [1.54, 1.807) is 7.05 Å². The molecule has 0 aliphatic carbocycles. The Kier molecular flexibility index (Phi) is 3.59. The van der Waals surface area contributed by atoms with Crippen LogP contribution in [0.15, 0.2) is 18.2 Å². The van der Waals surface area contributed by atoms with Crippen molar-refractivity contribution in [3.8, 4) is 0 Å². The van der Waals surface area contributed by atoms with Gasteiger partial charge >= 0.3 is 5.97 Å². The van der Waals surface area contributed by atoms with Crippen LogP contribution in [0.1, 0.15) is 34.9 Å². The SMILES string of the molecule is Cc1ccc(C(CC(=O)O)c2nnn(C)n2)c(C)c1. The van der Waals surface area contributed by atoms with E-state index in [9.17, 15) is 4.79 Å². The van der Waals surface area contributed by atoms with Crippen molar-refractivity contribution in [3.05, 3.63) is 40.7 Å². The van der Waals surface area contributed by atoms with Crippen molar-refractivity contribution in [2.75, 3.05) is 0 Å². The quantitative estimate of drug-likeness (QED) is 0.899. The number of hydrogen-bond acceptors (Lipinski definition) is 4. The number of carboxylic acid groups (broad SMARTS) is 1. The summed E-state index contributed by atoms with van der Waals surface area (Å²) in [5.41, 5.74) is 3.11. The number of benzene rings is 1. The standard InChI is InChI=1S/C13H16N4O2/c1-8-4-5-10(9(2)6-8)11(7-12(18)19)13-14-16-17(3)15-13/h4-6,11H,7H2,1-3H3,(H,18,19). The lowest BCUT2D eigenvalue weighted by Gasteiger charge is -2.14. The van der Waals surface area contributed by atoms with Crippen LogP contribution in [0.4, 0.5) is 0 Å². The largest absolute Gasteiger partial charge is 0.481 e. The lowest BCUT2D eigenvalue weighted by Crippen LogP contribution is -2.11. The summed E-state index contributed by atoms with van der Waals surface area (Å²) in [6.45, 7) is 3.97. The van der Waals surface area contributed by atoms with Gasteiger partial charge in [0.15, 0.2) is 5.82 Å². The zero-order valence-corrected chi connectivity index (χ0v) is 11.2. The number of tetrazole rings is 1. The molecule has 0 fully saturated rings. The number of carbonyl (C=O) groups is 1. The van der Waals surface area contributed by atoms with E-state index in [2.05, 4.69) is 15.4 Å². The van der Waals surface area contributed by atoms with Gasteiger partial charge in [0.2, 0.25) is 0 Å². The first-order chi connectivity index (χ1) is 8.97. The molecule has 19 heavy (non-hydrogen) atoms. The van der Waals surface area contributed by atoms with Gasteiger partial charge < -0.3 is 5.11 Å². The zero-order chi connectivity index (χ0) is 14.0. The summed E-state index contributed by atoms with van der Waals surface area (Å²) >= 11 is 0. The van der Waals surface area contributed by atoms with Gasteiger partial charge in [-0.1, -0.05) is 23.8 Å². The van der Waals surface area contributed by atoms with Crippen LogP contribution in [-0.2, 0) is 11.8 Å². The van der Waals surface area contributed by atoms with Crippen LogP contribution >= 0.6 is 0 Å². The first-order valence-electron chi connectivity index (χ1n) is 6.00. The molecule has 1 aromatic carbocycles. The molecule has 0 bridgehead atoms. The maximum Gasteiger partial charge on any atom is 0.304 e. The van der Waals surface area contributed by atoms with Gasteiger partial charge in [0.1, 0.15) is 0 Å². The molecule has 2 aromatic rings. The van der Waals surface area contributed by atoms with Crippen LogP contribution in [-0.4, -0.2) is 31.3 Å². The average molecular weight is 260 g/mol. The Bertz CT molecular complexity index is 606. The third-order valence-electron chi connectivity index (χ3n) is 3.01. The second-order valence-electron chi connectivity index (χ2n) is 4.65. The maximum atomic E-state index is 11.1. The molecular formula is C13H16N4O2. The summed E-state index contributed by atoms with van der Waals surface area (Å²) in [6, 6.07) is 5.93. The molecule has 0 radical (unpaired) electrons. The van der Waals surface area contributed by atoms with E-state index in [0.29, 0.717) is 5.82 Å². The molecule has 1 unspecified atom stereocenters. The number of aromatic nitrogens is 4. The molecule has 100 valence electrons. The summed E-state index contributed by atoms with van der Waals surface area (Å²) in [6.07, 6.45) is -0.0460. The molecule has 1 atom stereocenters. The highest BCUT2D eigenvalue weighted by Crippen LogP contribution is 2.28. The van der Waals surface area contributed by atoms with Crippen molar-refractivity contribution in [2.45, 2.75) is 26.2 Å². The number of carboxylic acids is 1. The Balaban J connectivity index is 2.45. The van der Waals surface area contributed by atoms with Gasteiger partial charge in [-0.05, 0) is 30.2 Å². The fourth-order valence-corrected chi connectivity index (χ4v) is 2.17. The Labute approximate surface area is 111 Å². The van der Waals surface area contributed by atoms with Crippen LogP contribution in [0.3, 0.4) is 0 Å². The van der Waals surface area contributed by atoms with Gasteiger partial charge in [0.25, 0.3) is 0 Å². The van der Waals surface area contributed by atoms with E-state index in [0.717, 1.165) is 16.7 Å². The Morgan fingerprint density at radius 2 is 2.16 bits per heavy atom. The van der Waals surface area contributed by atoms with Crippen molar-refractivity contribution in [2.24, 2.45) is 7.05 Å². The molecule has 0 saturated heterocycles. The van der Waals surface area contributed by atoms with E-state index in [4.69, 9.17) is 5.11 Å². The lowest BCUT2D eigenvalue weighted by molar-refractivity contribution is -0.137. The average Bonchev–Trinajstić information content (AvgIpc) is 2.73. The number of aliphatic carboxylic acids is 1. The van der Waals surface area contributed by atoms with Gasteiger partial charge in [0.05, 0.1) is 19.4 Å². The molecule has 0 saturated carbocycles. The number of rotatable bonds is 4. The van der Waals surface area contributed by atoms with E-state index in [1.807, 2.05) is 32.0 Å². The van der Waals surface area contributed by atoms with Gasteiger partial charge in [-0.15, -0.1) is 10.2 Å². The summed E-state index contributed by atoms with van der Waals surface area (Å²) < 4.78 is 0. The monoisotopic (exact) mass is 260 g/mol. The summed E-state index contributed by atoms with van der Waals surface area (Å²) in [7, 11) is 1.66. The minimum Gasteiger partial charge on any atom is -0.481 e. The van der Waals surface area contributed by atoms with E-state index < -0.39 is 5.97 Å². The van der Waals surface area contributed by atoms with Gasteiger partial charge in [-0.3, -0.25) is 4.79 Å². The molecule has 1 N–H and O–H groups in total. The lowest BCUT2D eigenvalue weighted by atomic mass is 9.90. The summed E-state index contributed by atoms with van der Waals surface area (Å²) in [5, 5.41) is 20.9. The molecule has 6 heteroatoms. The zero-order valence-electron chi connectivity index (χ0n) is 11.2. The summed E-state index contributed by atoms with van der Waals surface area (Å²) in [5.74, 6) is -0.805. The van der Waals surface area contributed by atoms with Crippen molar-refractivity contribution < 1.29 is 9.90 Å². The first-order valence-corrected chi connectivity index (χ1v) is 6.00. The molecule has 6 nitrogen and oxygen atoms in total. The van der Waals surface area contributed by atoms with Gasteiger partial charge in [-0.2, -0.15) is 4.80 Å². The Hall–Kier alpha value is -2.24. The van der Waals surface area contributed by atoms with Crippen LogP contribution in [0.2, 0.25) is 0 Å². The van der Waals surface area contributed by atoms with Crippen molar-refractivity contribution in [1.82, 2.24) is 20.2 Å². The predicted molar refractivity (Wildman–Crippen MR) is 68.8 cm³/mol. The Morgan fingerprint density at radius 3 is 2.68 bits per heavy atom. The smallest absolute Gasteiger partial charge is 0.304 e. The van der Waals surface area contributed by atoms with E-state index >= 15 is 0 Å². The predicted octanol–water partition coefficient (Wildman–Crippen LogP) is 1.43. The fourth-order valence-electron chi connectivity index (χ4n) is 2.17. The molecule has 1 aromatic heterocycles. The second-order valence-corrected chi connectivity index (χ2v) is 4.65. The van der Waals surface area contributed by atoms with Crippen molar-refractivity contribution >= 4 is 5.97 Å². The fraction of sp³-hybridized carbons (Fsp3) is 0.385. The van der Waals surface area contributed by atoms with E-state index in [-0.39, 0.29) is 12.3 Å². The summed E-state index contributed by atoms with van der Waals surface area (Å²) in [4.78, 5) is 12.4. The van der Waals surface area contributed by atoms with Crippen LogP contribution < -0.4 is 0 Å². The molecule has 0 amide bonds. The molecule has 2 rings (SSSR count). The number of aryl methyl sites for hydroxylation is 3. The molecule has 0 aliphatic rings. The molecule has 0 aliphatic heterocycles.